The summed E-state index contributed by atoms with van der Waals surface area (Å²) in [6.07, 6.45) is 3.04. The minimum Gasteiger partial charge on any atom is -0.444 e. The van der Waals surface area contributed by atoms with Gasteiger partial charge in [0.25, 0.3) is 0 Å². The highest BCUT2D eigenvalue weighted by atomic mass is 16.6. The van der Waals surface area contributed by atoms with Crippen LogP contribution in [0.1, 0.15) is 44.4 Å². The van der Waals surface area contributed by atoms with Gasteiger partial charge in [0.1, 0.15) is 5.60 Å². The third-order valence-electron chi connectivity index (χ3n) is 5.91. The van der Waals surface area contributed by atoms with Crippen molar-refractivity contribution in [3.63, 3.8) is 0 Å². The topological polar surface area (TPSA) is 62.7 Å². The van der Waals surface area contributed by atoms with Crippen LogP contribution in [0.2, 0.25) is 0 Å². The predicted octanol–water partition coefficient (Wildman–Crippen LogP) is 3.88. The molecule has 2 unspecified atom stereocenters. The van der Waals surface area contributed by atoms with Crippen molar-refractivity contribution in [3.8, 4) is 0 Å². The van der Waals surface area contributed by atoms with Gasteiger partial charge in [0.2, 0.25) is 5.91 Å². The summed E-state index contributed by atoms with van der Waals surface area (Å²) < 4.78 is 5.58. The molecule has 3 atom stereocenters. The van der Waals surface area contributed by atoms with Crippen molar-refractivity contribution in [3.05, 3.63) is 66.0 Å². The Balaban J connectivity index is 1.48. The number of ether oxygens (including phenoxy) is 1. The molecule has 1 saturated heterocycles. The van der Waals surface area contributed by atoms with Crippen molar-refractivity contribution in [2.45, 2.75) is 51.2 Å². The number of nitrogens with zero attached hydrogens (tertiary/aromatic N) is 3. The van der Waals surface area contributed by atoms with E-state index < -0.39 is 5.60 Å². The first kappa shape index (κ1) is 21.3. The molecule has 1 aliphatic carbocycles. The van der Waals surface area contributed by atoms with Gasteiger partial charge >= 0.3 is 6.09 Å². The molecule has 0 bridgehead atoms. The van der Waals surface area contributed by atoms with Crippen LogP contribution < -0.4 is 0 Å². The second-order valence-corrected chi connectivity index (χ2v) is 9.50. The van der Waals surface area contributed by atoms with Gasteiger partial charge in [-0.15, -0.1) is 0 Å². The van der Waals surface area contributed by atoms with E-state index in [9.17, 15) is 9.59 Å². The molecule has 2 fully saturated rings. The van der Waals surface area contributed by atoms with Crippen molar-refractivity contribution in [1.82, 2.24) is 14.8 Å². The zero-order chi connectivity index (χ0) is 22.0. The minimum atomic E-state index is -0.539. The quantitative estimate of drug-likeness (QED) is 0.752. The summed E-state index contributed by atoms with van der Waals surface area (Å²) >= 11 is 0. The van der Waals surface area contributed by atoms with Crippen LogP contribution >= 0.6 is 0 Å². The van der Waals surface area contributed by atoms with Gasteiger partial charge in [-0.05, 0) is 51.3 Å². The maximum atomic E-state index is 13.4. The highest BCUT2D eigenvalue weighted by Gasteiger charge is 2.48. The summed E-state index contributed by atoms with van der Waals surface area (Å²) in [5.74, 6) is 0.372. The van der Waals surface area contributed by atoms with E-state index in [2.05, 4.69) is 17.1 Å². The van der Waals surface area contributed by atoms with Gasteiger partial charge in [-0.3, -0.25) is 9.78 Å². The summed E-state index contributed by atoms with van der Waals surface area (Å²) in [5, 5.41) is 0. The average Bonchev–Trinajstić information content (AvgIpc) is 3.54. The summed E-state index contributed by atoms with van der Waals surface area (Å²) in [6.45, 7) is 7.12. The normalized spacial score (nSPS) is 23.4. The van der Waals surface area contributed by atoms with Crippen molar-refractivity contribution >= 4 is 12.0 Å². The zero-order valence-electron chi connectivity index (χ0n) is 18.5. The SMILES string of the molecule is CC(C)(C)OC(=O)N1CCN(C(=O)C2CC2c2ccccn2)[C@@H](Cc2ccccc2)C1. The van der Waals surface area contributed by atoms with E-state index in [-0.39, 0.29) is 29.9 Å². The smallest absolute Gasteiger partial charge is 0.410 e. The van der Waals surface area contributed by atoms with Crippen molar-refractivity contribution in [2.24, 2.45) is 5.92 Å². The van der Waals surface area contributed by atoms with Crippen LogP contribution in [0, 0.1) is 5.92 Å². The standard InChI is InChI=1S/C25H31N3O3/c1-25(2,3)31-24(30)27-13-14-28(19(17-27)15-18-9-5-4-6-10-18)23(29)21-16-20(21)22-11-7-8-12-26-22/h4-12,19-21H,13-17H2,1-3H3/t19-,20?,21?/m0/s1. The molecule has 2 heterocycles. The second kappa shape index (κ2) is 8.69. The molecule has 4 rings (SSSR count). The largest absolute Gasteiger partial charge is 0.444 e. The number of benzene rings is 1. The summed E-state index contributed by atoms with van der Waals surface area (Å²) in [4.78, 5) is 34.2. The van der Waals surface area contributed by atoms with Crippen LogP contribution in [0.3, 0.4) is 0 Å². The fraction of sp³-hybridized carbons (Fsp3) is 0.480. The van der Waals surface area contributed by atoms with Gasteiger partial charge in [-0.2, -0.15) is 0 Å². The number of pyridine rings is 1. The lowest BCUT2D eigenvalue weighted by Crippen LogP contribution is -2.58. The van der Waals surface area contributed by atoms with Crippen LogP contribution in [0.15, 0.2) is 54.7 Å². The Morgan fingerprint density at radius 2 is 1.81 bits per heavy atom. The molecule has 0 N–H and O–H groups in total. The summed E-state index contributed by atoms with van der Waals surface area (Å²) in [5.41, 5.74) is 1.62. The molecular weight excluding hydrogens is 390 g/mol. The van der Waals surface area contributed by atoms with E-state index in [1.807, 2.05) is 62.1 Å². The number of hydrogen-bond acceptors (Lipinski definition) is 4. The Kier molecular flexibility index (Phi) is 5.99. The van der Waals surface area contributed by atoms with E-state index >= 15 is 0 Å². The lowest BCUT2D eigenvalue weighted by molar-refractivity contribution is -0.137. The van der Waals surface area contributed by atoms with Gasteiger partial charge in [-0.1, -0.05) is 36.4 Å². The van der Waals surface area contributed by atoms with Crippen LogP contribution in [-0.2, 0) is 16.0 Å². The highest BCUT2D eigenvalue weighted by Crippen LogP contribution is 2.48. The van der Waals surface area contributed by atoms with Crippen LogP contribution in [0.25, 0.3) is 0 Å². The Labute approximate surface area is 184 Å². The lowest BCUT2D eigenvalue weighted by atomic mass is 10.0. The molecule has 6 nitrogen and oxygen atoms in total. The maximum Gasteiger partial charge on any atom is 0.410 e. The fourth-order valence-electron chi connectivity index (χ4n) is 4.30. The Hall–Kier alpha value is -2.89. The molecule has 1 aromatic carbocycles. The van der Waals surface area contributed by atoms with E-state index in [4.69, 9.17) is 4.74 Å². The molecule has 164 valence electrons. The van der Waals surface area contributed by atoms with Gasteiger partial charge in [0, 0.05) is 43.4 Å². The third-order valence-corrected chi connectivity index (χ3v) is 5.91. The molecule has 0 spiro atoms. The minimum absolute atomic E-state index is 0.0127. The molecule has 2 aliphatic rings. The molecule has 1 aromatic heterocycles. The van der Waals surface area contributed by atoms with E-state index in [0.29, 0.717) is 26.1 Å². The molecule has 2 amide bonds. The molecule has 1 aliphatic heterocycles. The van der Waals surface area contributed by atoms with E-state index in [0.717, 1.165) is 17.7 Å². The zero-order valence-corrected chi connectivity index (χ0v) is 18.5. The van der Waals surface area contributed by atoms with Crippen LogP contribution in [0.5, 0.6) is 0 Å². The molecular formula is C25H31N3O3. The number of piperazine rings is 1. The van der Waals surface area contributed by atoms with E-state index in [1.165, 1.54) is 0 Å². The first-order chi connectivity index (χ1) is 14.8. The lowest BCUT2D eigenvalue weighted by Gasteiger charge is -2.42. The number of carbonyl (C=O) groups is 2. The van der Waals surface area contributed by atoms with Crippen LogP contribution in [0.4, 0.5) is 4.79 Å². The third kappa shape index (κ3) is 5.24. The molecule has 2 aromatic rings. The number of aromatic nitrogens is 1. The van der Waals surface area contributed by atoms with Crippen LogP contribution in [-0.4, -0.2) is 58.1 Å². The van der Waals surface area contributed by atoms with Gasteiger partial charge in [0.05, 0.1) is 6.04 Å². The summed E-state index contributed by atoms with van der Waals surface area (Å²) in [7, 11) is 0. The Bertz CT molecular complexity index is 911. The Morgan fingerprint density at radius 1 is 1.06 bits per heavy atom. The maximum absolute atomic E-state index is 13.4. The predicted molar refractivity (Wildman–Crippen MR) is 119 cm³/mol. The van der Waals surface area contributed by atoms with Crippen molar-refractivity contribution in [2.75, 3.05) is 19.6 Å². The molecule has 0 radical (unpaired) electrons. The first-order valence-electron chi connectivity index (χ1n) is 11.0. The summed E-state index contributed by atoms with van der Waals surface area (Å²) in [6, 6.07) is 15.9. The first-order valence-corrected chi connectivity index (χ1v) is 11.0. The van der Waals surface area contributed by atoms with Gasteiger partial charge in [0.15, 0.2) is 0 Å². The average molecular weight is 422 g/mol. The van der Waals surface area contributed by atoms with Gasteiger partial charge < -0.3 is 14.5 Å². The Morgan fingerprint density at radius 3 is 2.48 bits per heavy atom. The number of rotatable bonds is 4. The highest BCUT2D eigenvalue weighted by molar-refractivity contribution is 5.83. The monoisotopic (exact) mass is 421 g/mol. The molecule has 6 heteroatoms. The van der Waals surface area contributed by atoms with E-state index in [1.54, 1.807) is 11.1 Å². The fourth-order valence-corrected chi connectivity index (χ4v) is 4.30. The number of carbonyl (C=O) groups excluding carboxylic acids is 2. The van der Waals surface area contributed by atoms with Crippen molar-refractivity contribution in [1.29, 1.82) is 0 Å². The van der Waals surface area contributed by atoms with Gasteiger partial charge in [-0.25, -0.2) is 4.79 Å². The number of hydrogen-bond donors (Lipinski definition) is 0. The van der Waals surface area contributed by atoms with Crippen molar-refractivity contribution < 1.29 is 14.3 Å². The molecule has 1 saturated carbocycles. The second-order valence-electron chi connectivity index (χ2n) is 9.50. The number of amides is 2. The molecule has 31 heavy (non-hydrogen) atoms.